The molecular weight excluding hydrogens is 254 g/mol. The number of quaternary nitrogens is 1. The molecule has 0 aliphatic heterocycles. The van der Waals surface area contributed by atoms with Crippen LogP contribution in [0.1, 0.15) is 12.2 Å². The van der Waals surface area contributed by atoms with E-state index in [-0.39, 0.29) is 13.2 Å². The van der Waals surface area contributed by atoms with Gasteiger partial charge in [-0.15, -0.1) is 0 Å². The highest BCUT2D eigenvalue weighted by atomic mass is 16.6. The van der Waals surface area contributed by atoms with Crippen LogP contribution in [0.4, 0.5) is 0 Å². The molecule has 19 heavy (non-hydrogen) atoms. The summed E-state index contributed by atoms with van der Waals surface area (Å²) >= 11 is 0. The number of ether oxygens (including phenoxy) is 2. The van der Waals surface area contributed by atoms with E-state index in [0.29, 0.717) is 12.3 Å². The standard InChI is InChI=1S/C12H17NO6/c1-17-5-6-19-12(16)10(7-11(14)15)13-8-9-3-2-4-18-9/h2-4,10,13H,5-8H2,1H3,(H,14,15)/t10-/m0/s1. The highest BCUT2D eigenvalue weighted by Gasteiger charge is 2.24. The summed E-state index contributed by atoms with van der Waals surface area (Å²) in [6.07, 6.45) is 1.10. The molecule has 0 radical (unpaired) electrons. The van der Waals surface area contributed by atoms with Gasteiger partial charge in [0.15, 0.2) is 11.8 Å². The van der Waals surface area contributed by atoms with Crippen molar-refractivity contribution < 1.29 is 33.9 Å². The highest BCUT2D eigenvalue weighted by Crippen LogP contribution is 1.97. The molecule has 106 valence electrons. The third-order valence-corrected chi connectivity index (χ3v) is 2.40. The van der Waals surface area contributed by atoms with E-state index in [9.17, 15) is 14.7 Å². The van der Waals surface area contributed by atoms with Gasteiger partial charge in [0, 0.05) is 13.1 Å². The van der Waals surface area contributed by atoms with Gasteiger partial charge in [-0.1, -0.05) is 0 Å². The Morgan fingerprint density at radius 1 is 1.47 bits per heavy atom. The first-order chi connectivity index (χ1) is 9.13. The molecule has 1 aromatic heterocycles. The predicted molar refractivity (Wildman–Crippen MR) is 60.6 cm³/mol. The Bertz CT molecular complexity index is 389. The lowest BCUT2D eigenvalue weighted by atomic mass is 10.2. The molecule has 0 saturated carbocycles. The number of esters is 1. The number of aliphatic carboxylic acids is 1. The van der Waals surface area contributed by atoms with Crippen molar-refractivity contribution in [3.8, 4) is 0 Å². The minimum absolute atomic E-state index is 0.0907. The first-order valence-corrected chi connectivity index (χ1v) is 5.84. The molecule has 0 saturated heterocycles. The monoisotopic (exact) mass is 271 g/mol. The van der Waals surface area contributed by atoms with Gasteiger partial charge in [-0.25, -0.2) is 4.79 Å². The first kappa shape index (κ1) is 15.2. The van der Waals surface area contributed by atoms with Crippen LogP contribution in [0.3, 0.4) is 0 Å². The van der Waals surface area contributed by atoms with Gasteiger partial charge in [-0.3, -0.25) is 0 Å². The fraction of sp³-hybridized carbons (Fsp3) is 0.500. The van der Waals surface area contributed by atoms with Crippen molar-refractivity contribution in [2.24, 2.45) is 0 Å². The smallest absolute Gasteiger partial charge is 0.365 e. The Labute approximate surface area is 110 Å². The number of hydrogen-bond acceptors (Lipinski definition) is 6. The van der Waals surface area contributed by atoms with Gasteiger partial charge in [-0.2, -0.15) is 0 Å². The normalized spacial score (nSPS) is 12.1. The fourth-order valence-electron chi connectivity index (χ4n) is 1.46. The quantitative estimate of drug-likeness (QED) is 0.413. The summed E-state index contributed by atoms with van der Waals surface area (Å²) in [6, 6.07) is 2.60. The molecule has 2 N–H and O–H groups in total. The lowest BCUT2D eigenvalue weighted by molar-refractivity contribution is -0.694. The molecule has 1 atom stereocenters. The van der Waals surface area contributed by atoms with Gasteiger partial charge < -0.3 is 29.1 Å². The number of methoxy groups -OCH3 is 1. The Hall–Kier alpha value is -1.86. The van der Waals surface area contributed by atoms with E-state index >= 15 is 0 Å². The van der Waals surface area contributed by atoms with Gasteiger partial charge in [0.1, 0.15) is 13.2 Å². The second kappa shape index (κ2) is 8.28. The van der Waals surface area contributed by atoms with Crippen molar-refractivity contribution in [3.05, 3.63) is 24.2 Å². The van der Waals surface area contributed by atoms with Crippen LogP contribution in [-0.4, -0.2) is 38.3 Å². The molecule has 7 heteroatoms. The number of furan rings is 1. The van der Waals surface area contributed by atoms with E-state index in [0.717, 1.165) is 0 Å². The number of rotatable bonds is 9. The summed E-state index contributed by atoms with van der Waals surface area (Å²) in [6.45, 7) is 0.708. The maximum Gasteiger partial charge on any atom is 0.365 e. The van der Waals surface area contributed by atoms with E-state index in [1.165, 1.54) is 13.4 Å². The summed E-state index contributed by atoms with van der Waals surface area (Å²) in [5.41, 5.74) is 0. The Kier molecular flexibility index (Phi) is 6.62. The molecule has 0 amide bonds. The van der Waals surface area contributed by atoms with Crippen LogP contribution in [-0.2, 0) is 25.6 Å². The first-order valence-electron chi connectivity index (χ1n) is 5.84. The van der Waals surface area contributed by atoms with Crippen molar-refractivity contribution in [1.82, 2.24) is 0 Å². The van der Waals surface area contributed by atoms with Crippen LogP contribution in [0.25, 0.3) is 0 Å². The zero-order chi connectivity index (χ0) is 14.1. The van der Waals surface area contributed by atoms with E-state index in [1.807, 2.05) is 0 Å². The van der Waals surface area contributed by atoms with Gasteiger partial charge >= 0.3 is 5.97 Å². The molecule has 0 fully saturated rings. The number of carboxylic acid groups (broad SMARTS) is 1. The zero-order valence-corrected chi connectivity index (χ0v) is 10.7. The SMILES string of the molecule is COCCOC(=O)[C@H](CC(=O)[O-])[NH2+]Cc1ccco1. The third-order valence-electron chi connectivity index (χ3n) is 2.40. The molecule has 0 bridgehead atoms. The molecule has 1 aromatic rings. The van der Waals surface area contributed by atoms with E-state index < -0.39 is 24.4 Å². The van der Waals surface area contributed by atoms with Gasteiger partial charge in [-0.05, 0) is 12.1 Å². The van der Waals surface area contributed by atoms with Crippen LogP contribution >= 0.6 is 0 Å². The van der Waals surface area contributed by atoms with Crippen LogP contribution in [0.5, 0.6) is 0 Å². The third kappa shape index (κ3) is 6.03. The number of carbonyl (C=O) groups is 2. The average molecular weight is 271 g/mol. The summed E-state index contributed by atoms with van der Waals surface area (Å²) in [5.74, 6) is -1.26. The van der Waals surface area contributed by atoms with E-state index in [2.05, 4.69) is 0 Å². The number of carbonyl (C=O) groups excluding carboxylic acids is 2. The number of carboxylic acids is 1. The van der Waals surface area contributed by atoms with Crippen molar-refractivity contribution in [2.75, 3.05) is 20.3 Å². The molecule has 1 heterocycles. The molecule has 1 rings (SSSR count). The molecule has 0 aromatic carbocycles. The van der Waals surface area contributed by atoms with Crippen molar-refractivity contribution >= 4 is 11.9 Å². The Morgan fingerprint density at radius 3 is 2.84 bits per heavy atom. The maximum atomic E-state index is 11.7. The van der Waals surface area contributed by atoms with Crippen molar-refractivity contribution in [2.45, 2.75) is 19.0 Å². The maximum absolute atomic E-state index is 11.7. The lowest BCUT2D eigenvalue weighted by Crippen LogP contribution is -2.91. The number of nitrogens with two attached hydrogens (primary N) is 1. The highest BCUT2D eigenvalue weighted by molar-refractivity contribution is 5.79. The van der Waals surface area contributed by atoms with Gasteiger partial charge in [0.25, 0.3) is 0 Å². The predicted octanol–water partition coefficient (Wildman–Crippen LogP) is -1.96. The topological polar surface area (TPSA) is 105 Å². The minimum atomic E-state index is -1.30. The molecule has 0 aliphatic rings. The summed E-state index contributed by atoms with van der Waals surface area (Å²) < 4.78 is 14.7. The lowest BCUT2D eigenvalue weighted by Gasteiger charge is -2.14. The van der Waals surface area contributed by atoms with Crippen LogP contribution in [0, 0.1) is 0 Å². The fourth-order valence-corrected chi connectivity index (χ4v) is 1.46. The van der Waals surface area contributed by atoms with Gasteiger partial charge in [0.05, 0.1) is 19.3 Å². The average Bonchev–Trinajstić information content (AvgIpc) is 2.87. The Morgan fingerprint density at radius 2 is 2.26 bits per heavy atom. The van der Waals surface area contributed by atoms with E-state index in [4.69, 9.17) is 13.9 Å². The second-order valence-corrected chi connectivity index (χ2v) is 3.86. The number of hydrogen-bond donors (Lipinski definition) is 1. The van der Waals surface area contributed by atoms with E-state index in [1.54, 1.807) is 17.4 Å². The molecule has 0 aliphatic carbocycles. The molecule has 0 spiro atoms. The molecule has 7 nitrogen and oxygen atoms in total. The minimum Gasteiger partial charge on any atom is -0.550 e. The Balaban J connectivity index is 2.45. The molecule has 0 unspecified atom stereocenters. The zero-order valence-electron chi connectivity index (χ0n) is 10.7. The summed E-state index contributed by atoms with van der Waals surface area (Å²) in [7, 11) is 1.48. The largest absolute Gasteiger partial charge is 0.550 e. The summed E-state index contributed by atoms with van der Waals surface area (Å²) in [4.78, 5) is 22.3. The van der Waals surface area contributed by atoms with Gasteiger partial charge in [0.2, 0.25) is 0 Å². The van der Waals surface area contributed by atoms with Crippen molar-refractivity contribution in [1.29, 1.82) is 0 Å². The van der Waals surface area contributed by atoms with Crippen LogP contribution < -0.4 is 10.4 Å². The van der Waals surface area contributed by atoms with Crippen molar-refractivity contribution in [3.63, 3.8) is 0 Å². The molecular formula is C12H17NO6. The van der Waals surface area contributed by atoms with Crippen LogP contribution in [0.15, 0.2) is 22.8 Å². The summed E-state index contributed by atoms with van der Waals surface area (Å²) in [5, 5.41) is 12.2. The second-order valence-electron chi connectivity index (χ2n) is 3.86. The van der Waals surface area contributed by atoms with Crippen LogP contribution in [0.2, 0.25) is 0 Å².